The van der Waals surface area contributed by atoms with E-state index in [0.717, 1.165) is 50.0 Å². The van der Waals surface area contributed by atoms with Gasteiger partial charge >= 0.3 is 0 Å². The molecule has 1 aliphatic carbocycles. The fourth-order valence-electron chi connectivity index (χ4n) is 4.47. The minimum absolute atomic E-state index is 0. The van der Waals surface area contributed by atoms with E-state index >= 15 is 0 Å². The Morgan fingerprint density at radius 2 is 2.00 bits per heavy atom. The molecule has 4 atom stereocenters. The maximum atomic E-state index is 12.2. The van der Waals surface area contributed by atoms with Crippen molar-refractivity contribution in [1.82, 2.24) is 15.5 Å². The van der Waals surface area contributed by atoms with Crippen molar-refractivity contribution in [3.05, 3.63) is 0 Å². The minimum Gasteiger partial charge on any atom is -0.357 e. The van der Waals surface area contributed by atoms with E-state index in [1.165, 1.54) is 38.9 Å². The van der Waals surface area contributed by atoms with Crippen LogP contribution in [-0.4, -0.2) is 64.8 Å². The van der Waals surface area contributed by atoms with E-state index in [9.17, 15) is 4.21 Å². The van der Waals surface area contributed by atoms with Gasteiger partial charge in [-0.05, 0) is 57.4 Å². The first-order valence-electron chi connectivity index (χ1n) is 11.2. The zero-order valence-corrected chi connectivity index (χ0v) is 21.6. The molecule has 2 fully saturated rings. The molecule has 1 saturated carbocycles. The summed E-state index contributed by atoms with van der Waals surface area (Å²) in [6.45, 7) is 14.2. The summed E-state index contributed by atoms with van der Waals surface area (Å²) >= 11 is 0. The summed E-state index contributed by atoms with van der Waals surface area (Å²) < 4.78 is 12.2. The van der Waals surface area contributed by atoms with E-state index in [4.69, 9.17) is 4.99 Å². The minimum atomic E-state index is -0.675. The van der Waals surface area contributed by atoms with Crippen molar-refractivity contribution in [2.45, 2.75) is 77.5 Å². The van der Waals surface area contributed by atoms with Gasteiger partial charge in [0.2, 0.25) is 0 Å². The molecule has 0 spiro atoms. The Morgan fingerprint density at radius 1 is 1.21 bits per heavy atom. The fraction of sp³-hybridized carbons (Fsp3) is 0.952. The largest absolute Gasteiger partial charge is 0.357 e. The molecule has 0 aromatic carbocycles. The number of nitrogens with one attached hydrogen (secondary N) is 2. The number of halogens is 1. The topological polar surface area (TPSA) is 56.7 Å². The van der Waals surface area contributed by atoms with Crippen molar-refractivity contribution in [1.29, 1.82) is 0 Å². The summed E-state index contributed by atoms with van der Waals surface area (Å²) in [6, 6.07) is 0.404. The van der Waals surface area contributed by atoms with E-state index in [2.05, 4.69) is 36.3 Å². The molecule has 1 aliphatic heterocycles. The molecule has 1 heterocycles. The van der Waals surface area contributed by atoms with Crippen LogP contribution < -0.4 is 10.6 Å². The van der Waals surface area contributed by atoms with Gasteiger partial charge in [-0.2, -0.15) is 0 Å². The molecular weight excluding hydrogens is 483 g/mol. The van der Waals surface area contributed by atoms with Gasteiger partial charge in [-0.3, -0.25) is 9.20 Å². The standard InChI is InChI=1S/C21H42N4OS.HI/c1-5-22-21(24-19-10-7-11-20(13-19)27(26)6-2)23-14-18-9-8-12-25(16-18)15-17(3)4;/h17-20H,5-16H2,1-4H3,(H2,22,23,24);1H. The highest BCUT2D eigenvalue weighted by Crippen LogP contribution is 2.23. The number of guanidine groups is 1. The lowest BCUT2D eigenvalue weighted by atomic mass is 9.95. The molecule has 5 nitrogen and oxygen atoms in total. The summed E-state index contributed by atoms with van der Waals surface area (Å²) in [5.41, 5.74) is 0. The van der Waals surface area contributed by atoms with Crippen LogP contribution in [0.2, 0.25) is 0 Å². The van der Waals surface area contributed by atoms with Crippen LogP contribution >= 0.6 is 24.0 Å². The number of aliphatic imine (C=N–C) groups is 1. The molecule has 4 unspecified atom stereocenters. The van der Waals surface area contributed by atoms with E-state index in [1.807, 2.05) is 6.92 Å². The van der Waals surface area contributed by atoms with Gasteiger partial charge in [-0.15, -0.1) is 24.0 Å². The lowest BCUT2D eigenvalue weighted by Crippen LogP contribution is -2.47. The Kier molecular flexibility index (Phi) is 13.2. The average Bonchev–Trinajstić information content (AvgIpc) is 2.65. The molecule has 2 N–H and O–H groups in total. The van der Waals surface area contributed by atoms with Gasteiger partial charge in [0.1, 0.15) is 0 Å². The number of hydrogen-bond acceptors (Lipinski definition) is 3. The molecule has 2 rings (SSSR count). The normalized spacial score (nSPS) is 27.9. The van der Waals surface area contributed by atoms with Crippen molar-refractivity contribution in [2.24, 2.45) is 16.8 Å². The van der Waals surface area contributed by atoms with E-state index in [-0.39, 0.29) is 24.0 Å². The van der Waals surface area contributed by atoms with E-state index in [0.29, 0.717) is 17.2 Å². The van der Waals surface area contributed by atoms with Gasteiger partial charge in [0.25, 0.3) is 0 Å². The molecule has 166 valence electrons. The first-order valence-corrected chi connectivity index (χ1v) is 12.5. The van der Waals surface area contributed by atoms with Crippen LogP contribution in [0.1, 0.15) is 66.2 Å². The molecular formula is C21H43IN4OS. The molecule has 0 aromatic rings. The molecule has 1 saturated heterocycles. The third kappa shape index (κ3) is 9.28. The molecule has 28 heavy (non-hydrogen) atoms. The second kappa shape index (κ2) is 14.2. The van der Waals surface area contributed by atoms with Gasteiger partial charge in [0.15, 0.2) is 5.96 Å². The highest BCUT2D eigenvalue weighted by molar-refractivity contribution is 14.0. The fourth-order valence-corrected chi connectivity index (χ4v) is 5.81. The first kappa shape index (κ1) is 26.1. The molecule has 0 bridgehead atoms. The van der Waals surface area contributed by atoms with Gasteiger partial charge in [0.05, 0.1) is 0 Å². The van der Waals surface area contributed by atoms with Crippen LogP contribution in [-0.2, 0) is 10.8 Å². The quantitative estimate of drug-likeness (QED) is 0.288. The van der Waals surface area contributed by atoms with E-state index < -0.39 is 10.8 Å². The summed E-state index contributed by atoms with van der Waals surface area (Å²) in [7, 11) is -0.675. The van der Waals surface area contributed by atoms with Crippen LogP contribution in [0, 0.1) is 11.8 Å². The van der Waals surface area contributed by atoms with Crippen molar-refractivity contribution >= 4 is 40.7 Å². The first-order chi connectivity index (χ1) is 13.0. The maximum Gasteiger partial charge on any atom is 0.191 e. The van der Waals surface area contributed by atoms with Crippen molar-refractivity contribution in [3.8, 4) is 0 Å². The van der Waals surface area contributed by atoms with Crippen LogP contribution in [0.3, 0.4) is 0 Å². The summed E-state index contributed by atoms with van der Waals surface area (Å²) in [5.74, 6) is 3.13. The number of rotatable bonds is 8. The summed E-state index contributed by atoms with van der Waals surface area (Å²) in [5, 5.41) is 7.41. The van der Waals surface area contributed by atoms with Crippen molar-refractivity contribution in [3.63, 3.8) is 0 Å². The highest BCUT2D eigenvalue weighted by atomic mass is 127. The summed E-state index contributed by atoms with van der Waals surface area (Å²) in [6.07, 6.45) is 7.03. The number of hydrogen-bond donors (Lipinski definition) is 2. The molecule has 2 aliphatic rings. The Hall–Kier alpha value is 0.110. The van der Waals surface area contributed by atoms with Gasteiger partial charge in [-0.1, -0.05) is 27.2 Å². The lowest BCUT2D eigenvalue weighted by Gasteiger charge is -2.33. The number of nitrogens with zero attached hydrogens (tertiary/aromatic N) is 2. The predicted molar refractivity (Wildman–Crippen MR) is 133 cm³/mol. The number of piperidine rings is 1. The second-order valence-electron chi connectivity index (χ2n) is 8.68. The zero-order valence-electron chi connectivity index (χ0n) is 18.4. The highest BCUT2D eigenvalue weighted by Gasteiger charge is 2.26. The Bertz CT molecular complexity index is 489. The van der Waals surface area contributed by atoms with Crippen LogP contribution in [0.25, 0.3) is 0 Å². The van der Waals surface area contributed by atoms with Crippen LogP contribution in [0.5, 0.6) is 0 Å². The van der Waals surface area contributed by atoms with Gasteiger partial charge < -0.3 is 15.5 Å². The monoisotopic (exact) mass is 526 g/mol. The third-order valence-corrected chi connectivity index (χ3v) is 7.44. The lowest BCUT2D eigenvalue weighted by molar-refractivity contribution is 0.162. The van der Waals surface area contributed by atoms with Gasteiger partial charge in [-0.25, -0.2) is 0 Å². The Balaban J connectivity index is 0.00000392. The Labute approximate surface area is 192 Å². The van der Waals surface area contributed by atoms with Crippen LogP contribution in [0.15, 0.2) is 4.99 Å². The molecule has 7 heteroatoms. The average molecular weight is 527 g/mol. The Morgan fingerprint density at radius 3 is 2.68 bits per heavy atom. The van der Waals surface area contributed by atoms with Crippen LogP contribution in [0.4, 0.5) is 0 Å². The zero-order chi connectivity index (χ0) is 19.6. The smallest absolute Gasteiger partial charge is 0.191 e. The second-order valence-corrected chi connectivity index (χ2v) is 10.7. The maximum absolute atomic E-state index is 12.2. The molecule has 0 amide bonds. The SMILES string of the molecule is CCNC(=NCC1CCCN(CC(C)C)C1)NC1CCCC(S(=O)CC)C1.I. The molecule has 0 radical (unpaired) electrons. The molecule has 0 aromatic heterocycles. The number of likely N-dealkylation sites (tertiary alicyclic amines) is 1. The van der Waals surface area contributed by atoms with Crippen molar-refractivity contribution < 1.29 is 4.21 Å². The third-order valence-electron chi connectivity index (χ3n) is 5.70. The van der Waals surface area contributed by atoms with Gasteiger partial charge in [0, 0.05) is 54.0 Å². The predicted octanol–water partition coefficient (Wildman–Crippen LogP) is 3.61. The van der Waals surface area contributed by atoms with E-state index in [1.54, 1.807) is 0 Å². The van der Waals surface area contributed by atoms with Crippen molar-refractivity contribution in [2.75, 3.05) is 38.5 Å². The summed E-state index contributed by atoms with van der Waals surface area (Å²) in [4.78, 5) is 7.54.